The highest BCUT2D eigenvalue weighted by atomic mass is 15.2. The van der Waals surface area contributed by atoms with Crippen molar-refractivity contribution < 1.29 is 0 Å². The van der Waals surface area contributed by atoms with Crippen LogP contribution in [0.3, 0.4) is 0 Å². The molecule has 76 valence electrons. The lowest BCUT2D eigenvalue weighted by atomic mass is 9.82. The van der Waals surface area contributed by atoms with Crippen molar-refractivity contribution in [1.29, 1.82) is 0 Å². The van der Waals surface area contributed by atoms with E-state index in [-0.39, 0.29) is 0 Å². The molecule has 0 amide bonds. The molecule has 2 fully saturated rings. The van der Waals surface area contributed by atoms with Crippen molar-refractivity contribution in [2.24, 2.45) is 5.41 Å². The van der Waals surface area contributed by atoms with E-state index in [1.54, 1.807) is 0 Å². The summed E-state index contributed by atoms with van der Waals surface area (Å²) in [4.78, 5) is 5.03. The second-order valence-corrected chi connectivity index (χ2v) is 5.18. The summed E-state index contributed by atoms with van der Waals surface area (Å²) in [6.07, 6.45) is 5.73. The van der Waals surface area contributed by atoms with Gasteiger partial charge in [-0.05, 0) is 51.9 Å². The summed E-state index contributed by atoms with van der Waals surface area (Å²) >= 11 is 0. The van der Waals surface area contributed by atoms with Gasteiger partial charge in [0.1, 0.15) is 0 Å². The van der Waals surface area contributed by atoms with Crippen LogP contribution in [-0.4, -0.2) is 50.1 Å². The maximum absolute atomic E-state index is 2.53. The molecule has 13 heavy (non-hydrogen) atoms. The van der Waals surface area contributed by atoms with E-state index in [1.807, 2.05) is 0 Å². The Morgan fingerprint density at radius 3 is 2.15 bits per heavy atom. The fraction of sp³-hybridized carbons (Fsp3) is 1.00. The highest BCUT2D eigenvalue weighted by Crippen LogP contribution is 2.37. The zero-order valence-corrected chi connectivity index (χ0v) is 9.05. The van der Waals surface area contributed by atoms with Crippen LogP contribution in [0.5, 0.6) is 0 Å². The molecule has 2 heterocycles. The normalized spacial score (nSPS) is 38.3. The van der Waals surface area contributed by atoms with Gasteiger partial charge in [-0.15, -0.1) is 0 Å². The monoisotopic (exact) mass is 182 g/mol. The third-order valence-corrected chi connectivity index (χ3v) is 3.73. The minimum absolute atomic E-state index is 0.653. The first kappa shape index (κ1) is 9.47. The van der Waals surface area contributed by atoms with Crippen molar-refractivity contribution in [3.05, 3.63) is 0 Å². The molecule has 0 aromatic rings. The topological polar surface area (TPSA) is 6.48 Å². The van der Waals surface area contributed by atoms with Crippen LogP contribution >= 0.6 is 0 Å². The Labute approximate surface area is 81.9 Å². The van der Waals surface area contributed by atoms with E-state index in [0.717, 1.165) is 0 Å². The first-order valence-corrected chi connectivity index (χ1v) is 5.57. The average molecular weight is 182 g/mol. The lowest BCUT2D eigenvalue weighted by Crippen LogP contribution is -2.35. The van der Waals surface area contributed by atoms with E-state index in [9.17, 15) is 0 Å². The minimum Gasteiger partial charge on any atom is -0.306 e. The van der Waals surface area contributed by atoms with Crippen molar-refractivity contribution in [1.82, 2.24) is 9.80 Å². The molecule has 0 bridgehead atoms. The molecule has 2 rings (SSSR count). The van der Waals surface area contributed by atoms with Gasteiger partial charge in [0.25, 0.3) is 0 Å². The number of hydrogen-bond donors (Lipinski definition) is 0. The van der Waals surface area contributed by atoms with Crippen LogP contribution < -0.4 is 0 Å². The van der Waals surface area contributed by atoms with E-state index >= 15 is 0 Å². The maximum atomic E-state index is 2.53. The average Bonchev–Trinajstić information content (AvgIpc) is 2.30. The van der Waals surface area contributed by atoms with Crippen LogP contribution in [0.15, 0.2) is 0 Å². The third-order valence-electron chi connectivity index (χ3n) is 3.73. The molecule has 2 aliphatic rings. The van der Waals surface area contributed by atoms with E-state index in [1.165, 1.54) is 51.9 Å². The number of nitrogens with zero attached hydrogens (tertiary/aromatic N) is 2. The van der Waals surface area contributed by atoms with Gasteiger partial charge in [-0.3, -0.25) is 0 Å². The summed E-state index contributed by atoms with van der Waals surface area (Å²) in [5, 5.41) is 0. The van der Waals surface area contributed by atoms with E-state index in [4.69, 9.17) is 0 Å². The van der Waals surface area contributed by atoms with Crippen LogP contribution in [-0.2, 0) is 0 Å². The lowest BCUT2D eigenvalue weighted by molar-refractivity contribution is 0.191. The molecule has 2 saturated heterocycles. The number of likely N-dealkylation sites (tertiary alicyclic amines) is 2. The van der Waals surface area contributed by atoms with Crippen LogP contribution in [0.1, 0.15) is 25.7 Å². The molecule has 0 N–H and O–H groups in total. The standard InChI is InChI=1S/C11H22N2/c1-12-7-4-3-5-11(9-12)6-8-13(2)10-11/h3-10H2,1-2H3. The highest BCUT2D eigenvalue weighted by molar-refractivity contribution is 4.92. The molecular formula is C11H22N2. The summed E-state index contributed by atoms with van der Waals surface area (Å²) in [5.74, 6) is 0. The highest BCUT2D eigenvalue weighted by Gasteiger charge is 2.37. The Kier molecular flexibility index (Phi) is 2.61. The first-order valence-electron chi connectivity index (χ1n) is 5.57. The molecule has 0 aromatic heterocycles. The second-order valence-electron chi connectivity index (χ2n) is 5.18. The molecule has 0 radical (unpaired) electrons. The van der Waals surface area contributed by atoms with E-state index in [2.05, 4.69) is 23.9 Å². The van der Waals surface area contributed by atoms with E-state index < -0.39 is 0 Å². The quantitative estimate of drug-likeness (QED) is 0.559. The molecule has 2 nitrogen and oxygen atoms in total. The molecule has 0 aromatic carbocycles. The predicted octanol–water partition coefficient (Wildman–Crippen LogP) is 1.42. The molecule has 2 heteroatoms. The largest absolute Gasteiger partial charge is 0.306 e. The van der Waals surface area contributed by atoms with Gasteiger partial charge in [0.05, 0.1) is 0 Å². The fourth-order valence-corrected chi connectivity index (χ4v) is 3.10. The Bertz CT molecular complexity index is 181. The molecule has 2 aliphatic heterocycles. The van der Waals surface area contributed by atoms with Crippen molar-refractivity contribution in [2.75, 3.05) is 40.3 Å². The molecule has 0 aliphatic carbocycles. The maximum Gasteiger partial charge on any atom is 0.00477 e. The Hall–Kier alpha value is -0.0800. The summed E-state index contributed by atoms with van der Waals surface area (Å²) in [7, 11) is 4.55. The summed E-state index contributed by atoms with van der Waals surface area (Å²) in [6, 6.07) is 0. The predicted molar refractivity (Wildman–Crippen MR) is 55.9 cm³/mol. The van der Waals surface area contributed by atoms with E-state index in [0.29, 0.717) is 5.41 Å². The van der Waals surface area contributed by atoms with Crippen molar-refractivity contribution in [3.63, 3.8) is 0 Å². The van der Waals surface area contributed by atoms with Gasteiger partial charge in [0.2, 0.25) is 0 Å². The van der Waals surface area contributed by atoms with Crippen molar-refractivity contribution >= 4 is 0 Å². The van der Waals surface area contributed by atoms with Gasteiger partial charge in [-0.25, -0.2) is 0 Å². The molecule has 0 saturated carbocycles. The van der Waals surface area contributed by atoms with Crippen molar-refractivity contribution in [3.8, 4) is 0 Å². The Morgan fingerprint density at radius 2 is 1.54 bits per heavy atom. The molecule has 1 atom stereocenters. The smallest absolute Gasteiger partial charge is 0.00477 e. The zero-order valence-electron chi connectivity index (χ0n) is 9.05. The summed E-state index contributed by atoms with van der Waals surface area (Å²) in [5.41, 5.74) is 0.653. The Morgan fingerprint density at radius 1 is 0.846 bits per heavy atom. The minimum atomic E-state index is 0.653. The molecule has 1 spiro atoms. The summed E-state index contributed by atoms with van der Waals surface area (Å²) < 4.78 is 0. The number of hydrogen-bond acceptors (Lipinski definition) is 2. The Balaban J connectivity index is 2.03. The van der Waals surface area contributed by atoms with Gasteiger partial charge in [0.15, 0.2) is 0 Å². The second kappa shape index (κ2) is 3.58. The third kappa shape index (κ3) is 2.05. The van der Waals surface area contributed by atoms with Crippen LogP contribution in [0, 0.1) is 5.41 Å². The van der Waals surface area contributed by atoms with Crippen LogP contribution in [0.2, 0.25) is 0 Å². The van der Waals surface area contributed by atoms with Crippen LogP contribution in [0.25, 0.3) is 0 Å². The van der Waals surface area contributed by atoms with Gasteiger partial charge < -0.3 is 9.80 Å². The van der Waals surface area contributed by atoms with Gasteiger partial charge in [-0.2, -0.15) is 0 Å². The molecule has 1 unspecified atom stereocenters. The SMILES string of the molecule is CN1CCCCC2(CCN(C)C2)C1. The van der Waals surface area contributed by atoms with Gasteiger partial charge >= 0.3 is 0 Å². The molecular weight excluding hydrogens is 160 g/mol. The fourth-order valence-electron chi connectivity index (χ4n) is 3.10. The van der Waals surface area contributed by atoms with Crippen molar-refractivity contribution in [2.45, 2.75) is 25.7 Å². The lowest BCUT2D eigenvalue weighted by Gasteiger charge is -2.30. The zero-order chi connectivity index (χ0) is 9.31. The first-order chi connectivity index (χ1) is 6.20. The van der Waals surface area contributed by atoms with Gasteiger partial charge in [-0.1, -0.05) is 6.42 Å². The number of rotatable bonds is 0. The van der Waals surface area contributed by atoms with Gasteiger partial charge in [0, 0.05) is 13.1 Å². The summed E-state index contributed by atoms with van der Waals surface area (Å²) in [6.45, 7) is 5.29. The van der Waals surface area contributed by atoms with Crippen LogP contribution in [0.4, 0.5) is 0 Å².